The lowest BCUT2D eigenvalue weighted by Gasteiger charge is -2.13. The summed E-state index contributed by atoms with van der Waals surface area (Å²) in [7, 11) is 0. The van der Waals surface area contributed by atoms with Gasteiger partial charge in [0.1, 0.15) is 5.82 Å². The molecule has 0 radical (unpaired) electrons. The second-order valence-electron chi connectivity index (χ2n) is 6.11. The number of hydrogen-bond donors (Lipinski definition) is 2. The molecule has 0 atom stereocenters. The van der Waals surface area contributed by atoms with Crippen molar-refractivity contribution >= 4 is 27.7 Å². The summed E-state index contributed by atoms with van der Waals surface area (Å²) in [5.41, 5.74) is 3.16. The molecule has 3 rings (SSSR count). The summed E-state index contributed by atoms with van der Waals surface area (Å²) in [6.07, 6.45) is 0. The van der Waals surface area contributed by atoms with E-state index in [0.717, 1.165) is 21.5 Å². The first-order chi connectivity index (χ1) is 12.1. The van der Waals surface area contributed by atoms with E-state index < -0.39 is 0 Å². The molecule has 0 aliphatic heterocycles. The highest BCUT2D eigenvalue weighted by molar-refractivity contribution is 9.10. The predicted molar refractivity (Wildman–Crippen MR) is 108 cm³/mol. The molecule has 1 heterocycles. The summed E-state index contributed by atoms with van der Waals surface area (Å²) in [4.78, 5) is 9.23. The zero-order valence-electron chi connectivity index (χ0n) is 14.3. The van der Waals surface area contributed by atoms with Crippen molar-refractivity contribution in [2.75, 3.05) is 10.6 Å². The van der Waals surface area contributed by atoms with Crippen molar-refractivity contribution in [3.63, 3.8) is 0 Å². The first-order valence-electron chi connectivity index (χ1n) is 8.29. The molecule has 0 bridgehead atoms. The lowest BCUT2D eigenvalue weighted by Crippen LogP contribution is -2.14. The Morgan fingerprint density at radius 2 is 1.76 bits per heavy atom. The number of nitrogens with one attached hydrogen (secondary N) is 2. The minimum Gasteiger partial charge on any atom is -0.366 e. The maximum atomic E-state index is 4.64. The molecule has 0 saturated carbocycles. The second kappa shape index (κ2) is 8.12. The summed E-state index contributed by atoms with van der Waals surface area (Å²) >= 11 is 3.51. The quantitative estimate of drug-likeness (QED) is 0.590. The molecule has 0 fully saturated rings. The van der Waals surface area contributed by atoms with Crippen molar-refractivity contribution in [2.24, 2.45) is 0 Å². The second-order valence-corrected chi connectivity index (χ2v) is 7.03. The number of benzene rings is 2. The summed E-state index contributed by atoms with van der Waals surface area (Å²) in [5.74, 6) is 1.44. The van der Waals surface area contributed by atoms with Gasteiger partial charge in [-0.2, -0.15) is 4.98 Å². The van der Waals surface area contributed by atoms with Gasteiger partial charge in [0.15, 0.2) is 0 Å². The van der Waals surface area contributed by atoms with Gasteiger partial charge in [-0.15, -0.1) is 0 Å². The normalized spacial score (nSPS) is 10.7. The Labute approximate surface area is 156 Å². The van der Waals surface area contributed by atoms with E-state index in [1.165, 1.54) is 5.56 Å². The molecule has 128 valence electrons. The third-order valence-corrected chi connectivity index (χ3v) is 4.07. The molecule has 2 aromatic carbocycles. The molecular weight excluding hydrogens is 376 g/mol. The fourth-order valence-corrected chi connectivity index (χ4v) is 2.90. The van der Waals surface area contributed by atoms with Crippen molar-refractivity contribution in [1.29, 1.82) is 0 Å². The van der Waals surface area contributed by atoms with Crippen molar-refractivity contribution < 1.29 is 0 Å². The maximum Gasteiger partial charge on any atom is 0.225 e. The van der Waals surface area contributed by atoms with E-state index in [2.05, 4.69) is 74.6 Å². The van der Waals surface area contributed by atoms with E-state index in [1.807, 2.05) is 36.4 Å². The van der Waals surface area contributed by atoms with Gasteiger partial charge >= 0.3 is 0 Å². The molecule has 5 heteroatoms. The average Bonchev–Trinajstić information content (AvgIpc) is 2.60. The minimum absolute atomic E-state index is 0.268. The fourth-order valence-electron chi connectivity index (χ4n) is 2.46. The van der Waals surface area contributed by atoms with E-state index >= 15 is 0 Å². The van der Waals surface area contributed by atoms with Gasteiger partial charge in [0, 0.05) is 28.7 Å². The molecule has 1 aromatic heterocycles. The molecule has 0 spiro atoms. The fraction of sp³-hybridized carbons (Fsp3) is 0.200. The van der Waals surface area contributed by atoms with Crippen LogP contribution in [-0.4, -0.2) is 16.0 Å². The van der Waals surface area contributed by atoms with Crippen LogP contribution in [0.15, 0.2) is 65.1 Å². The van der Waals surface area contributed by atoms with Crippen LogP contribution >= 0.6 is 15.9 Å². The van der Waals surface area contributed by atoms with E-state index in [1.54, 1.807) is 0 Å². The first-order valence-corrected chi connectivity index (χ1v) is 9.09. The number of anilines is 2. The molecule has 2 N–H and O–H groups in total. The van der Waals surface area contributed by atoms with Crippen molar-refractivity contribution in [2.45, 2.75) is 26.4 Å². The lowest BCUT2D eigenvalue weighted by atomic mass is 10.1. The Morgan fingerprint density at radius 3 is 2.48 bits per heavy atom. The average molecular weight is 397 g/mol. The zero-order chi connectivity index (χ0) is 17.6. The van der Waals surface area contributed by atoms with Crippen molar-refractivity contribution in [3.05, 3.63) is 70.7 Å². The van der Waals surface area contributed by atoms with Crippen LogP contribution in [0.2, 0.25) is 0 Å². The van der Waals surface area contributed by atoms with E-state index in [9.17, 15) is 0 Å². The van der Waals surface area contributed by atoms with Crippen LogP contribution in [0.4, 0.5) is 11.8 Å². The molecule has 0 aliphatic carbocycles. The SMILES string of the molecule is CC(C)Nc1nc(NCc2cccc(Br)c2)cc(-c2ccccc2)n1. The highest BCUT2D eigenvalue weighted by Gasteiger charge is 2.08. The third-order valence-electron chi connectivity index (χ3n) is 3.58. The van der Waals surface area contributed by atoms with Gasteiger partial charge in [-0.3, -0.25) is 0 Å². The summed E-state index contributed by atoms with van der Waals surface area (Å²) < 4.78 is 1.07. The van der Waals surface area contributed by atoms with Gasteiger partial charge in [-0.25, -0.2) is 4.98 Å². The largest absolute Gasteiger partial charge is 0.366 e. The Hall–Kier alpha value is -2.40. The minimum atomic E-state index is 0.268. The number of nitrogens with zero attached hydrogens (tertiary/aromatic N) is 2. The summed E-state index contributed by atoms with van der Waals surface area (Å²) in [6.45, 7) is 4.85. The van der Waals surface area contributed by atoms with Gasteiger partial charge in [0.2, 0.25) is 5.95 Å². The number of halogens is 1. The summed E-state index contributed by atoms with van der Waals surface area (Å²) in [5, 5.41) is 6.69. The van der Waals surface area contributed by atoms with E-state index in [-0.39, 0.29) is 6.04 Å². The Balaban J connectivity index is 1.86. The summed E-state index contributed by atoms with van der Waals surface area (Å²) in [6, 6.07) is 20.6. The smallest absolute Gasteiger partial charge is 0.225 e. The topological polar surface area (TPSA) is 49.8 Å². The zero-order valence-corrected chi connectivity index (χ0v) is 15.9. The first kappa shape index (κ1) is 17.4. The maximum absolute atomic E-state index is 4.64. The molecule has 0 saturated heterocycles. The highest BCUT2D eigenvalue weighted by Crippen LogP contribution is 2.22. The molecule has 0 unspecified atom stereocenters. The van der Waals surface area contributed by atoms with Crippen molar-refractivity contribution in [3.8, 4) is 11.3 Å². The Morgan fingerprint density at radius 1 is 0.960 bits per heavy atom. The molecular formula is C20H21BrN4. The van der Waals surface area contributed by atoms with Gasteiger partial charge < -0.3 is 10.6 Å². The standard InChI is InChI=1S/C20H21BrN4/c1-14(2)23-20-24-18(16-8-4-3-5-9-16)12-19(25-20)22-13-15-7-6-10-17(21)11-15/h3-12,14H,13H2,1-2H3,(H2,22,23,24,25). The van der Waals surface area contributed by atoms with E-state index in [0.29, 0.717) is 12.5 Å². The monoisotopic (exact) mass is 396 g/mol. The van der Waals surface area contributed by atoms with Crippen LogP contribution in [0.3, 0.4) is 0 Å². The molecule has 0 amide bonds. The van der Waals surface area contributed by atoms with Crippen LogP contribution in [0, 0.1) is 0 Å². The Kier molecular flexibility index (Phi) is 5.66. The van der Waals surface area contributed by atoms with Crippen molar-refractivity contribution in [1.82, 2.24) is 9.97 Å². The molecule has 4 nitrogen and oxygen atoms in total. The third kappa shape index (κ3) is 5.03. The van der Waals surface area contributed by atoms with Gasteiger partial charge in [-0.1, -0.05) is 58.4 Å². The molecule has 0 aliphatic rings. The lowest BCUT2D eigenvalue weighted by molar-refractivity contribution is 0.874. The highest BCUT2D eigenvalue weighted by atomic mass is 79.9. The number of aromatic nitrogens is 2. The predicted octanol–water partition coefficient (Wildman–Crippen LogP) is 5.34. The Bertz CT molecular complexity index is 834. The number of hydrogen-bond acceptors (Lipinski definition) is 4. The van der Waals surface area contributed by atoms with Gasteiger partial charge in [-0.05, 0) is 31.5 Å². The van der Waals surface area contributed by atoms with Crippen LogP contribution in [-0.2, 0) is 6.54 Å². The van der Waals surface area contributed by atoms with Crippen LogP contribution in [0.5, 0.6) is 0 Å². The van der Waals surface area contributed by atoms with Crippen LogP contribution in [0.1, 0.15) is 19.4 Å². The van der Waals surface area contributed by atoms with Crippen LogP contribution < -0.4 is 10.6 Å². The van der Waals surface area contributed by atoms with Crippen LogP contribution in [0.25, 0.3) is 11.3 Å². The van der Waals surface area contributed by atoms with E-state index in [4.69, 9.17) is 0 Å². The van der Waals surface area contributed by atoms with Gasteiger partial charge in [0.05, 0.1) is 5.69 Å². The molecule has 3 aromatic rings. The van der Waals surface area contributed by atoms with Gasteiger partial charge in [0.25, 0.3) is 0 Å². The number of rotatable bonds is 6. The molecule has 25 heavy (non-hydrogen) atoms.